The molecule has 0 aromatic rings. The summed E-state index contributed by atoms with van der Waals surface area (Å²) in [6, 6.07) is 0. The van der Waals surface area contributed by atoms with Crippen LogP contribution in [0.5, 0.6) is 0 Å². The third kappa shape index (κ3) is 6.11. The average molecular weight is 154 g/mol. The Kier molecular flexibility index (Phi) is 3.50. The van der Waals surface area contributed by atoms with Gasteiger partial charge in [-0.1, -0.05) is 0 Å². The van der Waals surface area contributed by atoms with Crippen LogP contribution in [0.2, 0.25) is 0 Å². The number of hydrogen-bond donors (Lipinski definition) is 3. The van der Waals surface area contributed by atoms with E-state index in [-0.39, 0.29) is 6.54 Å². The molecule has 56 valence electrons. The standard InChI is InChI=1S/C3H10NO4P/c4-1-3(5)2-9(6,7)8/h3,5H,1-2,4H2,(H2,6,7,8)/p-1/t3-/m1/s1. The average Bonchev–Trinajstić information content (AvgIpc) is 1.62. The van der Waals surface area contributed by atoms with E-state index in [1.165, 1.54) is 0 Å². The highest BCUT2D eigenvalue weighted by molar-refractivity contribution is 7.55. The highest BCUT2D eigenvalue weighted by Gasteiger charge is 2.13. The molecule has 0 spiro atoms. The van der Waals surface area contributed by atoms with Crippen LogP contribution in [0.1, 0.15) is 0 Å². The highest BCUT2D eigenvalue weighted by Crippen LogP contribution is 2.33. The zero-order valence-corrected chi connectivity index (χ0v) is 5.62. The Morgan fingerprint density at radius 2 is 2.00 bits per heavy atom. The van der Waals surface area contributed by atoms with Crippen molar-refractivity contribution in [1.29, 1.82) is 0 Å². The van der Waals surface area contributed by atoms with Gasteiger partial charge < -0.3 is 20.6 Å². The van der Waals surface area contributed by atoms with Crippen molar-refractivity contribution in [2.45, 2.75) is 6.10 Å². The summed E-state index contributed by atoms with van der Waals surface area (Å²) < 4.78 is 0. The topological polar surface area (TPSA) is 113 Å². The molecule has 1 atom stereocenters. The number of aliphatic hydroxyl groups is 1. The Bertz CT molecular complexity index is 82.4. The van der Waals surface area contributed by atoms with E-state index < -0.39 is 20.2 Å². The number of hydrogen-bond acceptors (Lipinski definition) is 5. The van der Waals surface area contributed by atoms with Gasteiger partial charge in [0, 0.05) is 14.5 Å². The molecular weight excluding hydrogens is 145 g/mol. The lowest BCUT2D eigenvalue weighted by Gasteiger charge is -2.29. The second-order valence-corrected chi connectivity index (χ2v) is 3.35. The molecule has 0 rings (SSSR count). The van der Waals surface area contributed by atoms with Crippen LogP contribution in [-0.4, -0.2) is 28.8 Å². The zero-order valence-electron chi connectivity index (χ0n) is 4.73. The number of rotatable bonds is 3. The predicted molar refractivity (Wildman–Crippen MR) is 29.1 cm³/mol. The molecule has 0 aliphatic rings. The van der Waals surface area contributed by atoms with Crippen molar-refractivity contribution < 1.29 is 19.8 Å². The summed E-state index contributed by atoms with van der Waals surface area (Å²) in [5, 5.41) is 8.54. The van der Waals surface area contributed by atoms with Crippen LogP contribution >= 0.6 is 7.94 Å². The SMILES string of the molecule is NC[C@@H](O)C[P+]([O-])([O-])O. The molecule has 0 heterocycles. The van der Waals surface area contributed by atoms with Crippen molar-refractivity contribution in [3.05, 3.63) is 0 Å². The van der Waals surface area contributed by atoms with E-state index in [1.807, 2.05) is 0 Å². The molecule has 0 saturated carbocycles. The van der Waals surface area contributed by atoms with Gasteiger partial charge >= 0.3 is 0 Å². The number of nitrogens with two attached hydrogens (primary N) is 1. The summed E-state index contributed by atoms with van der Waals surface area (Å²) in [6.45, 7) is -0.160. The zero-order chi connectivity index (χ0) is 7.49. The van der Waals surface area contributed by atoms with Gasteiger partial charge in [0.15, 0.2) is 0 Å². The minimum atomic E-state index is -4.32. The maximum Gasteiger partial charge on any atom is 0.103 e. The van der Waals surface area contributed by atoms with Crippen molar-refractivity contribution in [3.63, 3.8) is 0 Å². The molecule has 9 heavy (non-hydrogen) atoms. The lowest BCUT2D eigenvalue weighted by Crippen LogP contribution is -2.33. The fourth-order valence-electron chi connectivity index (χ4n) is 0.341. The summed E-state index contributed by atoms with van der Waals surface area (Å²) in [5.74, 6) is 0. The van der Waals surface area contributed by atoms with Gasteiger partial charge in [-0.15, -0.1) is 0 Å². The van der Waals surface area contributed by atoms with E-state index >= 15 is 0 Å². The second kappa shape index (κ2) is 3.41. The smallest absolute Gasteiger partial charge is 0.103 e. The Morgan fingerprint density at radius 1 is 1.56 bits per heavy atom. The van der Waals surface area contributed by atoms with Crippen LogP contribution in [0, 0.1) is 0 Å². The summed E-state index contributed by atoms with van der Waals surface area (Å²) in [7, 11) is -4.32. The van der Waals surface area contributed by atoms with E-state index in [9.17, 15) is 9.79 Å². The monoisotopic (exact) mass is 154 g/mol. The van der Waals surface area contributed by atoms with Crippen molar-refractivity contribution in [2.24, 2.45) is 5.73 Å². The first-order valence-electron chi connectivity index (χ1n) is 2.36. The van der Waals surface area contributed by atoms with E-state index in [0.717, 1.165) is 0 Å². The predicted octanol–water partition coefficient (Wildman–Crippen LogP) is -3.22. The Labute approximate surface area is 53.3 Å². The van der Waals surface area contributed by atoms with Gasteiger partial charge in [0.2, 0.25) is 0 Å². The van der Waals surface area contributed by atoms with Gasteiger partial charge in [-0.05, 0) is 0 Å². The quantitative estimate of drug-likeness (QED) is 0.370. The highest BCUT2D eigenvalue weighted by atomic mass is 31.2. The fourth-order valence-corrected chi connectivity index (χ4v) is 1.02. The summed E-state index contributed by atoms with van der Waals surface area (Å²) in [4.78, 5) is 28.0. The second-order valence-electron chi connectivity index (χ2n) is 1.71. The molecule has 0 saturated heterocycles. The lowest BCUT2D eigenvalue weighted by molar-refractivity contribution is -0.332. The Balaban J connectivity index is 3.47. The first-order valence-corrected chi connectivity index (χ1v) is 4.13. The molecule has 0 aromatic heterocycles. The van der Waals surface area contributed by atoms with Crippen LogP contribution in [0.25, 0.3) is 0 Å². The van der Waals surface area contributed by atoms with Crippen LogP contribution in [0.4, 0.5) is 0 Å². The van der Waals surface area contributed by atoms with Crippen LogP contribution in [-0.2, 0) is 0 Å². The summed E-state index contributed by atoms with van der Waals surface area (Å²) >= 11 is 0. The fraction of sp³-hybridized carbons (Fsp3) is 1.00. The molecule has 0 bridgehead atoms. The Hall–Kier alpha value is 0.230. The van der Waals surface area contributed by atoms with Crippen molar-refractivity contribution in [3.8, 4) is 0 Å². The minimum Gasteiger partial charge on any atom is -0.660 e. The molecule has 5 nitrogen and oxygen atoms in total. The minimum absolute atomic E-state index is 0.160. The Morgan fingerprint density at radius 3 is 2.11 bits per heavy atom. The third-order valence-corrected chi connectivity index (χ3v) is 1.60. The number of aliphatic hydroxyl groups excluding tert-OH is 1. The first-order chi connectivity index (χ1) is 3.95. The van der Waals surface area contributed by atoms with Gasteiger partial charge in [0.1, 0.15) is 12.3 Å². The molecule has 4 N–H and O–H groups in total. The van der Waals surface area contributed by atoms with Gasteiger partial charge in [-0.3, -0.25) is 4.89 Å². The van der Waals surface area contributed by atoms with Gasteiger partial charge in [0.05, 0.1) is 0 Å². The lowest BCUT2D eigenvalue weighted by atomic mass is 10.4. The van der Waals surface area contributed by atoms with Crippen molar-refractivity contribution in [2.75, 3.05) is 12.7 Å². The van der Waals surface area contributed by atoms with Crippen LogP contribution in [0.3, 0.4) is 0 Å². The van der Waals surface area contributed by atoms with Crippen molar-refractivity contribution >= 4 is 7.94 Å². The molecule has 0 amide bonds. The van der Waals surface area contributed by atoms with Gasteiger partial charge in [-0.2, -0.15) is 0 Å². The maximum atomic E-state index is 9.97. The van der Waals surface area contributed by atoms with Gasteiger partial charge in [-0.25, -0.2) is 0 Å². The van der Waals surface area contributed by atoms with E-state index in [1.54, 1.807) is 0 Å². The molecule has 0 aromatic carbocycles. The van der Waals surface area contributed by atoms with Crippen LogP contribution in [0.15, 0.2) is 0 Å². The molecule has 0 fully saturated rings. The molecule has 6 heteroatoms. The maximum absolute atomic E-state index is 9.97. The van der Waals surface area contributed by atoms with E-state index in [2.05, 4.69) is 0 Å². The molecular formula is C3H9NO4P-. The van der Waals surface area contributed by atoms with Crippen molar-refractivity contribution in [1.82, 2.24) is 0 Å². The van der Waals surface area contributed by atoms with E-state index in [4.69, 9.17) is 15.7 Å². The van der Waals surface area contributed by atoms with Crippen LogP contribution < -0.4 is 15.5 Å². The normalized spacial score (nSPS) is 15.7. The summed E-state index contributed by atoms with van der Waals surface area (Å²) in [5.41, 5.74) is 4.86. The largest absolute Gasteiger partial charge is 0.660 e. The molecule has 0 unspecified atom stereocenters. The third-order valence-electron chi connectivity index (χ3n) is 0.714. The molecule has 0 aliphatic carbocycles. The first kappa shape index (κ1) is 9.23. The van der Waals surface area contributed by atoms with Gasteiger partial charge in [0.25, 0.3) is 0 Å². The summed E-state index contributed by atoms with van der Waals surface area (Å²) in [6.07, 6.45) is -1.82. The van der Waals surface area contributed by atoms with E-state index in [0.29, 0.717) is 0 Å². The molecule has 0 aliphatic heterocycles. The molecule has 0 radical (unpaired) electrons.